The summed E-state index contributed by atoms with van der Waals surface area (Å²) in [5, 5.41) is 11.3. The van der Waals surface area contributed by atoms with Gasteiger partial charge in [-0.1, -0.05) is 0 Å². The van der Waals surface area contributed by atoms with Crippen LogP contribution in [0.1, 0.15) is 0 Å². The molecular formula is C8H12N2O3. The minimum atomic E-state index is -0.872. The standard InChI is InChI=1S/C8H12N2O3/c1-9-7(11)6-4-2-10(8(12)13)3-5(4)6/h4-6H,2-3H2,1H3,(H,9,11)(H,12,13)/t4-,5+,6?. The van der Waals surface area contributed by atoms with Gasteiger partial charge in [0.05, 0.1) is 0 Å². The summed E-state index contributed by atoms with van der Waals surface area (Å²) in [6.07, 6.45) is -0.872. The molecule has 0 spiro atoms. The molecule has 0 aromatic carbocycles. The van der Waals surface area contributed by atoms with Crippen molar-refractivity contribution in [3.63, 3.8) is 0 Å². The summed E-state index contributed by atoms with van der Waals surface area (Å²) in [5.74, 6) is 0.674. The maximum Gasteiger partial charge on any atom is 0.407 e. The third-order valence-electron chi connectivity index (χ3n) is 3.01. The minimum absolute atomic E-state index is 0.0556. The number of nitrogens with zero attached hydrogens (tertiary/aromatic N) is 1. The first-order valence-corrected chi connectivity index (χ1v) is 4.34. The van der Waals surface area contributed by atoms with Gasteiger partial charge in [-0.15, -0.1) is 0 Å². The van der Waals surface area contributed by atoms with Gasteiger partial charge >= 0.3 is 6.09 Å². The van der Waals surface area contributed by atoms with Gasteiger partial charge in [0.15, 0.2) is 0 Å². The number of likely N-dealkylation sites (tertiary alicyclic amines) is 1. The fraction of sp³-hybridized carbons (Fsp3) is 0.750. The Morgan fingerprint density at radius 2 is 1.92 bits per heavy atom. The lowest BCUT2D eigenvalue weighted by Crippen LogP contribution is -2.33. The third-order valence-corrected chi connectivity index (χ3v) is 3.01. The van der Waals surface area contributed by atoms with Crippen molar-refractivity contribution in [2.75, 3.05) is 20.1 Å². The molecule has 2 N–H and O–H groups in total. The largest absolute Gasteiger partial charge is 0.465 e. The van der Waals surface area contributed by atoms with Crippen LogP contribution in [0.4, 0.5) is 4.79 Å². The molecule has 1 heterocycles. The predicted molar refractivity (Wildman–Crippen MR) is 44.1 cm³/mol. The average Bonchev–Trinajstić information content (AvgIpc) is 2.58. The van der Waals surface area contributed by atoms with Crippen molar-refractivity contribution in [2.24, 2.45) is 17.8 Å². The Balaban J connectivity index is 1.90. The van der Waals surface area contributed by atoms with E-state index < -0.39 is 6.09 Å². The van der Waals surface area contributed by atoms with Crippen LogP contribution >= 0.6 is 0 Å². The summed E-state index contributed by atoms with van der Waals surface area (Å²) in [6.45, 7) is 1.05. The van der Waals surface area contributed by atoms with Crippen LogP contribution in [-0.2, 0) is 4.79 Å². The lowest BCUT2D eigenvalue weighted by Gasteiger charge is -2.14. The Kier molecular flexibility index (Phi) is 1.68. The van der Waals surface area contributed by atoms with E-state index in [2.05, 4.69) is 5.32 Å². The van der Waals surface area contributed by atoms with Crippen LogP contribution in [0.25, 0.3) is 0 Å². The summed E-state index contributed by atoms with van der Waals surface area (Å²) in [6, 6.07) is 0. The number of piperidine rings is 1. The van der Waals surface area contributed by atoms with Crippen molar-refractivity contribution in [1.29, 1.82) is 0 Å². The molecule has 1 aliphatic heterocycles. The van der Waals surface area contributed by atoms with Crippen molar-refractivity contribution < 1.29 is 14.7 Å². The van der Waals surface area contributed by atoms with Crippen LogP contribution in [-0.4, -0.2) is 42.1 Å². The van der Waals surface area contributed by atoms with Crippen molar-refractivity contribution in [2.45, 2.75) is 0 Å². The minimum Gasteiger partial charge on any atom is -0.465 e. The molecule has 0 radical (unpaired) electrons. The molecule has 1 saturated heterocycles. The predicted octanol–water partition coefficient (Wildman–Crippen LogP) is -0.412. The third kappa shape index (κ3) is 1.15. The van der Waals surface area contributed by atoms with E-state index in [1.54, 1.807) is 7.05 Å². The van der Waals surface area contributed by atoms with Crippen LogP contribution in [0.5, 0.6) is 0 Å². The molecule has 0 aromatic rings. The molecule has 1 saturated carbocycles. The highest BCUT2D eigenvalue weighted by atomic mass is 16.4. The first kappa shape index (κ1) is 8.34. The van der Waals surface area contributed by atoms with Crippen LogP contribution in [0, 0.1) is 17.8 Å². The lowest BCUT2D eigenvalue weighted by molar-refractivity contribution is -0.122. The van der Waals surface area contributed by atoms with Crippen LogP contribution in [0.2, 0.25) is 0 Å². The number of hydrogen-bond donors (Lipinski definition) is 2. The number of carbonyl (C=O) groups is 2. The highest BCUT2D eigenvalue weighted by Gasteiger charge is 2.60. The second-order valence-electron chi connectivity index (χ2n) is 3.66. The van der Waals surface area contributed by atoms with Gasteiger partial charge in [-0.2, -0.15) is 0 Å². The van der Waals surface area contributed by atoms with E-state index in [-0.39, 0.29) is 23.7 Å². The quantitative estimate of drug-likeness (QED) is 0.582. The number of rotatable bonds is 1. The highest BCUT2D eigenvalue weighted by molar-refractivity contribution is 5.82. The van der Waals surface area contributed by atoms with Gasteiger partial charge in [0, 0.05) is 26.1 Å². The first-order chi connectivity index (χ1) is 6.15. The molecule has 13 heavy (non-hydrogen) atoms. The van der Waals surface area contributed by atoms with Crippen LogP contribution in [0.15, 0.2) is 0 Å². The lowest BCUT2D eigenvalue weighted by atomic mass is 10.2. The topological polar surface area (TPSA) is 69.6 Å². The summed E-state index contributed by atoms with van der Waals surface area (Å²) >= 11 is 0. The Hall–Kier alpha value is -1.26. The van der Waals surface area contributed by atoms with Crippen molar-refractivity contribution in [3.05, 3.63) is 0 Å². The summed E-state index contributed by atoms with van der Waals surface area (Å²) < 4.78 is 0. The molecular weight excluding hydrogens is 172 g/mol. The average molecular weight is 184 g/mol. The number of hydrogen-bond acceptors (Lipinski definition) is 2. The monoisotopic (exact) mass is 184 g/mol. The second kappa shape index (κ2) is 2.61. The van der Waals surface area contributed by atoms with E-state index in [0.29, 0.717) is 13.1 Å². The maximum absolute atomic E-state index is 11.2. The highest BCUT2D eigenvalue weighted by Crippen LogP contribution is 2.51. The van der Waals surface area contributed by atoms with Gasteiger partial charge in [0.1, 0.15) is 0 Å². The number of amides is 2. The molecule has 5 heteroatoms. The van der Waals surface area contributed by atoms with E-state index in [0.717, 1.165) is 0 Å². The van der Waals surface area contributed by atoms with E-state index in [9.17, 15) is 9.59 Å². The molecule has 2 aliphatic rings. The zero-order valence-corrected chi connectivity index (χ0v) is 7.36. The number of fused-ring (bicyclic) bond motifs is 1. The first-order valence-electron chi connectivity index (χ1n) is 4.34. The second-order valence-corrected chi connectivity index (χ2v) is 3.66. The molecule has 1 aliphatic carbocycles. The Labute approximate surface area is 75.7 Å². The molecule has 3 atom stereocenters. The Morgan fingerprint density at radius 3 is 2.31 bits per heavy atom. The zero-order chi connectivity index (χ0) is 9.59. The number of nitrogens with one attached hydrogen (secondary N) is 1. The number of carboxylic acid groups (broad SMARTS) is 1. The van der Waals surface area contributed by atoms with Crippen LogP contribution in [0.3, 0.4) is 0 Å². The molecule has 5 nitrogen and oxygen atoms in total. The number of carbonyl (C=O) groups excluding carboxylic acids is 1. The molecule has 2 amide bonds. The van der Waals surface area contributed by atoms with Crippen molar-refractivity contribution in [1.82, 2.24) is 10.2 Å². The van der Waals surface area contributed by atoms with E-state index in [4.69, 9.17) is 5.11 Å². The van der Waals surface area contributed by atoms with E-state index in [1.807, 2.05) is 0 Å². The van der Waals surface area contributed by atoms with Crippen molar-refractivity contribution >= 4 is 12.0 Å². The molecule has 1 unspecified atom stereocenters. The van der Waals surface area contributed by atoms with E-state index >= 15 is 0 Å². The summed E-state index contributed by atoms with van der Waals surface area (Å²) in [5.41, 5.74) is 0. The molecule has 2 rings (SSSR count). The summed E-state index contributed by atoms with van der Waals surface area (Å²) in [4.78, 5) is 23.1. The zero-order valence-electron chi connectivity index (χ0n) is 7.36. The van der Waals surface area contributed by atoms with Crippen molar-refractivity contribution in [3.8, 4) is 0 Å². The fourth-order valence-electron chi connectivity index (χ4n) is 2.24. The molecule has 0 aromatic heterocycles. The van der Waals surface area contributed by atoms with Gasteiger partial charge in [-0.3, -0.25) is 4.79 Å². The maximum atomic E-state index is 11.2. The van der Waals surface area contributed by atoms with Gasteiger partial charge < -0.3 is 15.3 Å². The SMILES string of the molecule is CNC(=O)C1[C@H]2CN(C(=O)O)C[C@@H]12. The van der Waals surface area contributed by atoms with Gasteiger partial charge in [-0.25, -0.2) is 4.79 Å². The van der Waals surface area contributed by atoms with Gasteiger partial charge in [-0.05, 0) is 11.8 Å². The molecule has 72 valence electrons. The Bertz CT molecular complexity index is 254. The van der Waals surface area contributed by atoms with E-state index in [1.165, 1.54) is 4.90 Å². The normalized spacial score (nSPS) is 35.5. The summed E-state index contributed by atoms with van der Waals surface area (Å²) in [7, 11) is 1.62. The van der Waals surface area contributed by atoms with Gasteiger partial charge in [0.25, 0.3) is 0 Å². The van der Waals surface area contributed by atoms with Gasteiger partial charge in [0.2, 0.25) is 5.91 Å². The molecule has 2 fully saturated rings. The Morgan fingerprint density at radius 1 is 1.38 bits per heavy atom. The fourth-order valence-corrected chi connectivity index (χ4v) is 2.24. The van der Waals surface area contributed by atoms with Crippen LogP contribution < -0.4 is 5.32 Å². The molecule has 0 bridgehead atoms. The smallest absolute Gasteiger partial charge is 0.407 e.